The van der Waals surface area contributed by atoms with Gasteiger partial charge in [0, 0.05) is 33.4 Å². The van der Waals surface area contributed by atoms with Gasteiger partial charge in [-0.1, -0.05) is 116 Å². The van der Waals surface area contributed by atoms with Crippen molar-refractivity contribution in [1.29, 1.82) is 0 Å². The Morgan fingerprint density at radius 2 is 1.64 bits per heavy atom. The summed E-state index contributed by atoms with van der Waals surface area (Å²) in [5.74, 6) is 1.65. The molecule has 3 unspecified atom stereocenters. The molecule has 4 aromatic carbocycles. The molecule has 0 amide bonds. The lowest BCUT2D eigenvalue weighted by Gasteiger charge is -2.32. The van der Waals surface area contributed by atoms with Crippen LogP contribution in [0.1, 0.15) is 37.7 Å². The van der Waals surface area contributed by atoms with E-state index in [1.807, 2.05) is 0 Å². The molecule has 0 saturated carbocycles. The molecule has 0 fully saturated rings. The molecule has 10 rings (SSSR count). The maximum Gasteiger partial charge on any atom is 0.143 e. The van der Waals surface area contributed by atoms with Crippen molar-refractivity contribution >= 4 is 58.1 Å². The van der Waals surface area contributed by atoms with E-state index in [2.05, 4.69) is 157 Å². The first-order valence-corrected chi connectivity index (χ1v) is 20.3. The zero-order chi connectivity index (χ0) is 33.2. The van der Waals surface area contributed by atoms with Gasteiger partial charge >= 0.3 is 0 Å². The van der Waals surface area contributed by atoms with Crippen LogP contribution in [0.25, 0.3) is 38.6 Å². The van der Waals surface area contributed by atoms with E-state index in [1.54, 1.807) is 0 Å². The molecule has 1 radical (unpaired) electrons. The number of rotatable bonds is 5. The fourth-order valence-electron chi connectivity index (χ4n) is 9.01. The Balaban J connectivity index is 1.06. The molecule has 0 bridgehead atoms. The number of anilines is 2. The predicted octanol–water partition coefficient (Wildman–Crippen LogP) is 11.2. The Labute approximate surface area is 296 Å². The molecular weight excluding hydrogens is 623 g/mol. The van der Waals surface area contributed by atoms with Crippen LogP contribution in [0.3, 0.4) is 0 Å². The number of hydrogen-bond acceptors (Lipinski definition) is 2. The van der Waals surface area contributed by atoms with E-state index in [9.17, 15) is 0 Å². The molecule has 1 aromatic heterocycles. The summed E-state index contributed by atoms with van der Waals surface area (Å²) in [5.41, 5.74) is 12.6. The van der Waals surface area contributed by atoms with Crippen LogP contribution in [0.5, 0.6) is 0 Å². The summed E-state index contributed by atoms with van der Waals surface area (Å²) in [4.78, 5) is 2.50. The number of hydrogen-bond donors (Lipinski definition) is 0. The third kappa shape index (κ3) is 4.90. The molecule has 2 nitrogen and oxygen atoms in total. The number of allylic oxidation sites excluding steroid dienone is 13. The van der Waals surface area contributed by atoms with Gasteiger partial charge in [0.2, 0.25) is 0 Å². The van der Waals surface area contributed by atoms with E-state index in [4.69, 9.17) is 4.42 Å². The zero-order valence-electron chi connectivity index (χ0n) is 28.5. The molecule has 5 aliphatic rings. The highest BCUT2D eigenvalue weighted by Crippen LogP contribution is 2.42. The summed E-state index contributed by atoms with van der Waals surface area (Å²) in [6.45, 7) is 2.45. The van der Waals surface area contributed by atoms with E-state index in [0.717, 1.165) is 30.4 Å². The van der Waals surface area contributed by atoms with Gasteiger partial charge in [0.25, 0.3) is 0 Å². The maximum atomic E-state index is 6.57. The van der Waals surface area contributed by atoms with E-state index < -0.39 is 8.80 Å². The minimum atomic E-state index is -0.981. The Morgan fingerprint density at radius 1 is 0.760 bits per heavy atom. The third-order valence-electron chi connectivity index (χ3n) is 11.7. The molecule has 2 heterocycles. The van der Waals surface area contributed by atoms with Crippen LogP contribution < -0.4 is 15.3 Å². The van der Waals surface area contributed by atoms with Gasteiger partial charge in [-0.15, -0.1) is 0 Å². The molecule has 0 saturated heterocycles. The maximum absolute atomic E-state index is 6.57. The summed E-state index contributed by atoms with van der Waals surface area (Å²) in [7, 11) is -0.981. The van der Waals surface area contributed by atoms with Crippen molar-refractivity contribution in [3.05, 3.63) is 163 Å². The van der Waals surface area contributed by atoms with Crippen LogP contribution in [-0.2, 0) is 0 Å². The average molecular weight is 663 g/mol. The molecule has 4 aliphatic carbocycles. The highest BCUT2D eigenvalue weighted by molar-refractivity contribution is 6.89. The SMILES string of the molecule is C[Si]1c2cc(N(C3=CC(C4C=CC=CC4)CC=C3)c3ccc(C4=CC=C5C=CCCC5C4)cc3)ccc2-c2c1ccc1c2oc2ccccc21. The van der Waals surface area contributed by atoms with Crippen molar-refractivity contribution in [1.82, 2.24) is 0 Å². The molecule has 243 valence electrons. The van der Waals surface area contributed by atoms with Gasteiger partial charge in [0.1, 0.15) is 20.0 Å². The Morgan fingerprint density at radius 3 is 2.54 bits per heavy atom. The molecule has 0 spiro atoms. The molecule has 0 N–H and O–H groups in total. The van der Waals surface area contributed by atoms with Gasteiger partial charge in [-0.05, 0) is 119 Å². The molecule has 3 heteroatoms. The largest absolute Gasteiger partial charge is 0.455 e. The van der Waals surface area contributed by atoms with E-state index in [0.29, 0.717) is 17.8 Å². The van der Waals surface area contributed by atoms with Crippen LogP contribution in [0.2, 0.25) is 6.55 Å². The second kappa shape index (κ2) is 12.0. The van der Waals surface area contributed by atoms with Crippen LogP contribution in [-0.4, -0.2) is 8.80 Å². The van der Waals surface area contributed by atoms with Crippen molar-refractivity contribution < 1.29 is 4.42 Å². The highest BCUT2D eigenvalue weighted by Gasteiger charge is 2.32. The van der Waals surface area contributed by atoms with Crippen LogP contribution in [0, 0.1) is 17.8 Å². The van der Waals surface area contributed by atoms with Crippen molar-refractivity contribution in [3.63, 3.8) is 0 Å². The first-order valence-electron chi connectivity index (χ1n) is 18.3. The summed E-state index contributed by atoms with van der Waals surface area (Å²) < 4.78 is 6.57. The number of fused-ring (bicyclic) bond motifs is 8. The lowest BCUT2D eigenvalue weighted by molar-refractivity contribution is 0.475. The second-order valence-electron chi connectivity index (χ2n) is 14.5. The highest BCUT2D eigenvalue weighted by atomic mass is 28.3. The van der Waals surface area contributed by atoms with Crippen LogP contribution >= 0.6 is 0 Å². The van der Waals surface area contributed by atoms with E-state index >= 15 is 0 Å². The molecule has 50 heavy (non-hydrogen) atoms. The van der Waals surface area contributed by atoms with Crippen molar-refractivity contribution in [3.8, 4) is 11.1 Å². The minimum absolute atomic E-state index is 0.474. The van der Waals surface area contributed by atoms with Crippen molar-refractivity contribution in [2.75, 3.05) is 4.90 Å². The average Bonchev–Trinajstić information content (AvgIpc) is 3.70. The topological polar surface area (TPSA) is 16.4 Å². The second-order valence-corrected chi connectivity index (χ2v) is 16.9. The number of benzene rings is 4. The summed E-state index contributed by atoms with van der Waals surface area (Å²) in [6, 6.07) is 29.7. The fourth-order valence-corrected chi connectivity index (χ4v) is 11.2. The van der Waals surface area contributed by atoms with Gasteiger partial charge in [-0.25, -0.2) is 0 Å². The number of nitrogens with zero attached hydrogens (tertiary/aromatic N) is 1. The summed E-state index contributed by atoms with van der Waals surface area (Å²) in [6.07, 6.45) is 31.5. The lowest BCUT2D eigenvalue weighted by Crippen LogP contribution is -2.34. The first-order chi connectivity index (χ1) is 24.7. The number of para-hydroxylation sites is 1. The quantitative estimate of drug-likeness (QED) is 0.174. The van der Waals surface area contributed by atoms with Crippen molar-refractivity contribution in [2.24, 2.45) is 17.8 Å². The monoisotopic (exact) mass is 662 g/mol. The summed E-state index contributed by atoms with van der Waals surface area (Å²) >= 11 is 0. The smallest absolute Gasteiger partial charge is 0.143 e. The Kier molecular flexibility index (Phi) is 7.16. The standard InChI is InChI=1S/C47H40NOSi/c1-50-44-27-26-41-40-16-7-8-17-43(40)49-47(41)46(44)42-25-24-39(30-45(42)50)48(38-15-9-14-35(29-38)31-10-3-2-4-11-31)37-22-20-33(21-23-37)36-19-18-32-12-5-6-13-34(32)28-36/h2-5,7-10,12,15-27,29-31,34-35H,6,11,13-14,28H2,1H3. The first kappa shape index (κ1) is 29.8. The van der Waals surface area contributed by atoms with Gasteiger partial charge in [0.05, 0.1) is 0 Å². The van der Waals surface area contributed by atoms with Gasteiger partial charge in [-0.3, -0.25) is 0 Å². The van der Waals surface area contributed by atoms with Crippen LogP contribution in [0.4, 0.5) is 11.4 Å². The molecule has 5 aromatic rings. The predicted molar refractivity (Wildman–Crippen MR) is 213 cm³/mol. The van der Waals surface area contributed by atoms with Gasteiger partial charge in [-0.2, -0.15) is 0 Å². The zero-order valence-corrected chi connectivity index (χ0v) is 29.5. The lowest BCUT2D eigenvalue weighted by atomic mass is 9.79. The molecule has 1 aliphatic heterocycles. The fraction of sp³-hybridized carbons (Fsp3) is 0.191. The number of furan rings is 1. The van der Waals surface area contributed by atoms with E-state index in [1.165, 1.54) is 78.9 Å². The Bertz CT molecular complexity index is 2390. The minimum Gasteiger partial charge on any atom is -0.455 e. The third-order valence-corrected chi connectivity index (χ3v) is 14.1. The van der Waals surface area contributed by atoms with Crippen molar-refractivity contribution in [2.45, 2.75) is 38.7 Å². The van der Waals surface area contributed by atoms with Gasteiger partial charge in [0.15, 0.2) is 0 Å². The Hall–Kier alpha value is -5.12. The van der Waals surface area contributed by atoms with E-state index in [-0.39, 0.29) is 0 Å². The molecule has 3 atom stereocenters. The van der Waals surface area contributed by atoms with Gasteiger partial charge < -0.3 is 9.32 Å². The van der Waals surface area contributed by atoms with Crippen LogP contribution in [0.15, 0.2) is 161 Å². The normalized spacial score (nSPS) is 22.3. The molecular formula is C47H40NOSi. The summed E-state index contributed by atoms with van der Waals surface area (Å²) in [5, 5.41) is 5.32.